The molecule has 0 spiro atoms. The van der Waals surface area contributed by atoms with Crippen molar-refractivity contribution in [1.82, 2.24) is 5.32 Å². The highest BCUT2D eigenvalue weighted by Gasteiger charge is 2.28. The smallest absolute Gasteiger partial charge is 0.129 e. The molecule has 18 heavy (non-hydrogen) atoms. The molecule has 0 aromatic heterocycles. The van der Waals surface area contributed by atoms with Crippen LogP contribution in [0.25, 0.3) is 0 Å². The van der Waals surface area contributed by atoms with Gasteiger partial charge in [0.1, 0.15) is 11.5 Å². The van der Waals surface area contributed by atoms with E-state index in [2.05, 4.69) is 21.2 Å². The minimum atomic E-state index is -0.581. The lowest BCUT2D eigenvalue weighted by Crippen LogP contribution is -2.29. The second kappa shape index (κ2) is 5.91. The third kappa shape index (κ3) is 2.63. The van der Waals surface area contributed by atoms with E-state index in [-0.39, 0.29) is 6.04 Å². The average Bonchev–Trinajstić information content (AvgIpc) is 2.90. The summed E-state index contributed by atoms with van der Waals surface area (Å²) in [5.41, 5.74) is 0.776. The van der Waals surface area contributed by atoms with E-state index in [1.165, 1.54) is 0 Å². The molecule has 2 unspecified atom stereocenters. The standard InChI is InChI=1S/C13H18BrNO3/c1-17-8-6-9(14)12(11(7-8)18-2)13(16)10-4-3-5-15-10/h6-7,10,13,15-16H,3-5H2,1-2H3. The van der Waals surface area contributed by atoms with Gasteiger partial charge in [0.15, 0.2) is 0 Å². The molecule has 0 saturated carbocycles. The van der Waals surface area contributed by atoms with Crippen LogP contribution < -0.4 is 14.8 Å². The van der Waals surface area contributed by atoms with Crippen molar-refractivity contribution in [3.63, 3.8) is 0 Å². The minimum absolute atomic E-state index is 0.0867. The number of benzene rings is 1. The summed E-state index contributed by atoms with van der Waals surface area (Å²) in [6.45, 7) is 0.956. The maximum atomic E-state index is 10.5. The van der Waals surface area contributed by atoms with Crippen LogP contribution in [0.1, 0.15) is 24.5 Å². The quantitative estimate of drug-likeness (QED) is 0.895. The van der Waals surface area contributed by atoms with Gasteiger partial charge in [-0.2, -0.15) is 0 Å². The SMILES string of the molecule is COc1cc(Br)c(C(O)C2CCCN2)c(OC)c1. The Labute approximate surface area is 115 Å². The van der Waals surface area contributed by atoms with E-state index in [4.69, 9.17) is 9.47 Å². The monoisotopic (exact) mass is 315 g/mol. The lowest BCUT2D eigenvalue weighted by molar-refractivity contribution is 0.133. The van der Waals surface area contributed by atoms with Crippen molar-refractivity contribution in [2.75, 3.05) is 20.8 Å². The van der Waals surface area contributed by atoms with Crippen molar-refractivity contribution >= 4 is 15.9 Å². The lowest BCUT2D eigenvalue weighted by atomic mass is 10.00. The lowest BCUT2D eigenvalue weighted by Gasteiger charge is -2.22. The van der Waals surface area contributed by atoms with Gasteiger partial charge in [-0.3, -0.25) is 0 Å². The van der Waals surface area contributed by atoms with E-state index in [0.717, 1.165) is 29.4 Å². The van der Waals surface area contributed by atoms with Crippen molar-refractivity contribution in [3.05, 3.63) is 22.2 Å². The normalized spacial score (nSPS) is 20.8. The zero-order valence-corrected chi connectivity index (χ0v) is 12.2. The van der Waals surface area contributed by atoms with Crippen LogP contribution in [0.4, 0.5) is 0 Å². The second-order valence-corrected chi connectivity index (χ2v) is 5.23. The second-order valence-electron chi connectivity index (χ2n) is 4.37. The number of hydrogen-bond donors (Lipinski definition) is 2. The molecule has 0 amide bonds. The predicted molar refractivity (Wildman–Crippen MR) is 73.2 cm³/mol. The van der Waals surface area contributed by atoms with Crippen molar-refractivity contribution in [3.8, 4) is 11.5 Å². The topological polar surface area (TPSA) is 50.7 Å². The van der Waals surface area contributed by atoms with Gasteiger partial charge in [0, 0.05) is 22.1 Å². The Bertz CT molecular complexity index is 419. The third-order valence-electron chi connectivity index (χ3n) is 3.30. The Kier molecular flexibility index (Phi) is 4.48. The number of ether oxygens (including phenoxy) is 2. The first kappa shape index (κ1) is 13.6. The number of rotatable bonds is 4. The largest absolute Gasteiger partial charge is 0.497 e. The summed E-state index contributed by atoms with van der Waals surface area (Å²) in [5.74, 6) is 1.34. The Balaban J connectivity index is 2.35. The molecule has 0 radical (unpaired) electrons. The molecule has 0 bridgehead atoms. The molecule has 2 rings (SSSR count). The number of aliphatic hydroxyl groups excluding tert-OH is 1. The summed E-state index contributed by atoms with van der Waals surface area (Å²) in [4.78, 5) is 0. The van der Waals surface area contributed by atoms with Gasteiger partial charge in [0.05, 0.1) is 20.3 Å². The molecule has 1 aliphatic heterocycles. The van der Waals surface area contributed by atoms with Crippen LogP contribution >= 0.6 is 15.9 Å². The summed E-state index contributed by atoms with van der Waals surface area (Å²) in [6, 6.07) is 3.72. The molecule has 0 aliphatic carbocycles. The summed E-state index contributed by atoms with van der Waals surface area (Å²) in [5, 5.41) is 13.8. The van der Waals surface area contributed by atoms with E-state index >= 15 is 0 Å². The van der Waals surface area contributed by atoms with Crippen molar-refractivity contribution in [1.29, 1.82) is 0 Å². The van der Waals surface area contributed by atoms with Crippen LogP contribution in [-0.4, -0.2) is 31.9 Å². The maximum Gasteiger partial charge on any atom is 0.129 e. The van der Waals surface area contributed by atoms with Gasteiger partial charge in [-0.05, 0) is 25.5 Å². The average molecular weight is 316 g/mol. The fourth-order valence-electron chi connectivity index (χ4n) is 2.32. The van der Waals surface area contributed by atoms with Crippen molar-refractivity contribution in [2.45, 2.75) is 25.0 Å². The Hall–Kier alpha value is -0.780. The zero-order chi connectivity index (χ0) is 13.1. The van der Waals surface area contributed by atoms with Gasteiger partial charge in [-0.1, -0.05) is 15.9 Å². The Morgan fingerprint density at radius 1 is 1.39 bits per heavy atom. The molecule has 1 aromatic rings. The molecule has 1 aliphatic rings. The molecule has 2 atom stereocenters. The summed E-state index contributed by atoms with van der Waals surface area (Å²) < 4.78 is 11.3. The van der Waals surface area contributed by atoms with E-state index in [1.54, 1.807) is 20.3 Å². The van der Waals surface area contributed by atoms with Crippen LogP contribution in [0.2, 0.25) is 0 Å². The molecule has 5 heteroatoms. The van der Waals surface area contributed by atoms with Crippen LogP contribution in [-0.2, 0) is 0 Å². The van der Waals surface area contributed by atoms with Crippen LogP contribution in [0.5, 0.6) is 11.5 Å². The van der Waals surface area contributed by atoms with Gasteiger partial charge < -0.3 is 19.9 Å². The van der Waals surface area contributed by atoms with Gasteiger partial charge in [0.25, 0.3) is 0 Å². The number of nitrogens with one attached hydrogen (secondary N) is 1. The fourth-order valence-corrected chi connectivity index (χ4v) is 2.98. The first-order valence-electron chi connectivity index (χ1n) is 6.00. The fraction of sp³-hybridized carbons (Fsp3) is 0.538. The first-order valence-corrected chi connectivity index (χ1v) is 6.79. The van der Waals surface area contributed by atoms with E-state index < -0.39 is 6.10 Å². The molecular formula is C13H18BrNO3. The van der Waals surface area contributed by atoms with E-state index in [9.17, 15) is 5.11 Å². The van der Waals surface area contributed by atoms with E-state index in [0.29, 0.717) is 11.5 Å². The highest BCUT2D eigenvalue weighted by atomic mass is 79.9. The van der Waals surface area contributed by atoms with Gasteiger partial charge in [-0.25, -0.2) is 0 Å². The van der Waals surface area contributed by atoms with Gasteiger partial charge >= 0.3 is 0 Å². The van der Waals surface area contributed by atoms with Crippen LogP contribution in [0.15, 0.2) is 16.6 Å². The first-order chi connectivity index (χ1) is 8.67. The third-order valence-corrected chi connectivity index (χ3v) is 3.95. The minimum Gasteiger partial charge on any atom is -0.497 e. The van der Waals surface area contributed by atoms with Gasteiger partial charge in [0.2, 0.25) is 0 Å². The highest BCUT2D eigenvalue weighted by molar-refractivity contribution is 9.10. The molecule has 1 aromatic carbocycles. The Morgan fingerprint density at radius 3 is 2.72 bits per heavy atom. The summed E-state index contributed by atoms with van der Waals surface area (Å²) in [7, 11) is 3.20. The number of halogens is 1. The van der Waals surface area contributed by atoms with Crippen molar-refractivity contribution in [2.24, 2.45) is 0 Å². The molecule has 4 nitrogen and oxygen atoms in total. The van der Waals surface area contributed by atoms with Gasteiger partial charge in [-0.15, -0.1) is 0 Å². The molecular weight excluding hydrogens is 298 g/mol. The maximum absolute atomic E-state index is 10.5. The molecule has 1 fully saturated rings. The molecule has 100 valence electrons. The summed E-state index contributed by atoms with van der Waals surface area (Å²) in [6.07, 6.45) is 1.49. The number of methoxy groups -OCH3 is 2. The van der Waals surface area contributed by atoms with Crippen LogP contribution in [0.3, 0.4) is 0 Å². The molecule has 1 heterocycles. The zero-order valence-electron chi connectivity index (χ0n) is 10.6. The summed E-state index contributed by atoms with van der Waals surface area (Å²) >= 11 is 3.48. The predicted octanol–water partition coefficient (Wildman–Crippen LogP) is 2.25. The Morgan fingerprint density at radius 2 is 2.17 bits per heavy atom. The highest BCUT2D eigenvalue weighted by Crippen LogP contribution is 2.38. The van der Waals surface area contributed by atoms with E-state index in [1.807, 2.05) is 6.07 Å². The van der Waals surface area contributed by atoms with Crippen molar-refractivity contribution < 1.29 is 14.6 Å². The van der Waals surface area contributed by atoms with Crippen LogP contribution in [0, 0.1) is 0 Å². The number of hydrogen-bond acceptors (Lipinski definition) is 4. The molecule has 1 saturated heterocycles. The molecule has 2 N–H and O–H groups in total. The number of aliphatic hydroxyl groups is 1.